The number of para-hydroxylation sites is 2. The summed E-state index contributed by atoms with van der Waals surface area (Å²) in [4.78, 5) is 2.62. The molecule has 0 radical (unpaired) electrons. The Labute approximate surface area is 188 Å². The number of aromatic nitrogens is 1. The minimum Gasteiger partial charge on any atom is -0.357 e. The third kappa shape index (κ3) is 2.47. The van der Waals surface area contributed by atoms with Gasteiger partial charge in [0.1, 0.15) is 0 Å². The fourth-order valence-electron chi connectivity index (χ4n) is 6.03. The molecule has 1 aliphatic heterocycles. The number of hydrogen-bond donors (Lipinski definition) is 0. The molecule has 1 fully saturated rings. The van der Waals surface area contributed by atoms with Crippen LogP contribution in [0.3, 0.4) is 0 Å². The van der Waals surface area contributed by atoms with Crippen molar-refractivity contribution < 1.29 is 0 Å². The maximum Gasteiger partial charge on any atom is 0.0551 e. The second-order valence-electron chi connectivity index (χ2n) is 8.97. The van der Waals surface area contributed by atoms with Crippen LogP contribution < -0.4 is 4.90 Å². The molecule has 0 bridgehead atoms. The molecule has 1 aromatic heterocycles. The first kappa shape index (κ1) is 17.9. The van der Waals surface area contributed by atoms with Crippen LogP contribution in [-0.2, 0) is 0 Å². The second kappa shape index (κ2) is 6.86. The highest BCUT2D eigenvalue weighted by molar-refractivity contribution is 6.09. The van der Waals surface area contributed by atoms with E-state index in [0.29, 0.717) is 23.9 Å². The van der Waals surface area contributed by atoms with Crippen LogP contribution in [0.2, 0.25) is 0 Å². The van der Waals surface area contributed by atoms with Crippen molar-refractivity contribution in [3.8, 4) is 5.69 Å². The van der Waals surface area contributed by atoms with E-state index in [1.54, 1.807) is 0 Å². The number of hydrogen-bond acceptors (Lipinski definition) is 1. The molecule has 2 heterocycles. The van der Waals surface area contributed by atoms with Gasteiger partial charge in [0.15, 0.2) is 0 Å². The number of allylic oxidation sites excluding steroid dienone is 4. The van der Waals surface area contributed by atoms with Crippen molar-refractivity contribution in [3.63, 3.8) is 0 Å². The fraction of sp³-hybridized carbons (Fsp3) is 0.133. The van der Waals surface area contributed by atoms with E-state index in [2.05, 4.69) is 131 Å². The van der Waals surface area contributed by atoms with Crippen LogP contribution in [0.1, 0.15) is 0 Å². The van der Waals surface area contributed by atoms with Crippen LogP contribution in [0.25, 0.3) is 27.5 Å². The van der Waals surface area contributed by atoms with Gasteiger partial charge in [-0.3, -0.25) is 0 Å². The first-order valence-corrected chi connectivity index (χ1v) is 11.5. The van der Waals surface area contributed by atoms with E-state index in [1.165, 1.54) is 33.2 Å². The van der Waals surface area contributed by atoms with Crippen molar-refractivity contribution in [3.05, 3.63) is 121 Å². The van der Waals surface area contributed by atoms with Crippen LogP contribution >= 0.6 is 0 Å². The van der Waals surface area contributed by atoms with E-state index in [9.17, 15) is 0 Å². The molecule has 0 amide bonds. The Kier molecular flexibility index (Phi) is 3.83. The minimum absolute atomic E-state index is 0.385. The normalized spacial score (nSPS) is 25.6. The Morgan fingerprint density at radius 2 is 1.03 bits per heavy atom. The SMILES string of the molecule is C1=CC2C3C=CC=CC3N(c3cccc(-n4c5ccccc5c5ccccc54)c3)C2C=C1. The molecule has 4 aromatic rings. The Hall–Kier alpha value is -3.78. The van der Waals surface area contributed by atoms with Crippen LogP contribution in [0.15, 0.2) is 121 Å². The molecule has 2 nitrogen and oxygen atoms in total. The summed E-state index contributed by atoms with van der Waals surface area (Å²) >= 11 is 0. The van der Waals surface area contributed by atoms with E-state index in [0.717, 1.165) is 0 Å². The average molecular weight is 413 g/mol. The van der Waals surface area contributed by atoms with Gasteiger partial charge in [-0.15, -0.1) is 0 Å². The molecular formula is C30H24N2. The van der Waals surface area contributed by atoms with Crippen molar-refractivity contribution in [2.24, 2.45) is 11.8 Å². The highest BCUT2D eigenvalue weighted by atomic mass is 15.2. The van der Waals surface area contributed by atoms with Gasteiger partial charge in [0.05, 0.1) is 23.1 Å². The highest BCUT2D eigenvalue weighted by Gasteiger charge is 2.45. The average Bonchev–Trinajstić information content (AvgIpc) is 3.37. The molecule has 0 N–H and O–H groups in total. The predicted octanol–water partition coefficient (Wildman–Crippen LogP) is 6.83. The van der Waals surface area contributed by atoms with E-state index in [4.69, 9.17) is 0 Å². The minimum atomic E-state index is 0.385. The summed E-state index contributed by atoms with van der Waals surface area (Å²) in [7, 11) is 0. The van der Waals surface area contributed by atoms with Crippen LogP contribution in [-0.4, -0.2) is 16.7 Å². The number of fused-ring (bicyclic) bond motifs is 6. The van der Waals surface area contributed by atoms with E-state index >= 15 is 0 Å². The van der Waals surface area contributed by atoms with Crippen LogP contribution in [0.4, 0.5) is 5.69 Å². The standard InChI is InChI=1S/C30H24N2/c1-5-16-27-23(12-1)24-13-2-6-17-28(24)31(27)21-10-9-11-22(20-21)32-29-18-7-3-14-25(29)26-15-4-8-19-30(26)32/h1-20,23-24,27-28H. The third-order valence-corrected chi connectivity index (χ3v) is 7.35. The van der Waals surface area contributed by atoms with Gasteiger partial charge < -0.3 is 9.47 Å². The number of benzene rings is 3. The molecule has 2 aliphatic carbocycles. The first-order chi connectivity index (χ1) is 15.9. The molecule has 7 rings (SSSR count). The topological polar surface area (TPSA) is 8.17 Å². The van der Waals surface area contributed by atoms with Crippen molar-refractivity contribution >= 4 is 27.5 Å². The number of anilines is 1. The molecular weight excluding hydrogens is 388 g/mol. The zero-order valence-corrected chi connectivity index (χ0v) is 17.8. The van der Waals surface area contributed by atoms with Crippen molar-refractivity contribution in [1.29, 1.82) is 0 Å². The molecule has 3 aromatic carbocycles. The Morgan fingerprint density at radius 3 is 1.66 bits per heavy atom. The van der Waals surface area contributed by atoms with Crippen LogP contribution in [0, 0.1) is 11.8 Å². The van der Waals surface area contributed by atoms with Crippen LogP contribution in [0.5, 0.6) is 0 Å². The summed E-state index contributed by atoms with van der Waals surface area (Å²) < 4.78 is 2.41. The number of rotatable bonds is 2. The summed E-state index contributed by atoms with van der Waals surface area (Å²) in [6.07, 6.45) is 18.4. The van der Waals surface area contributed by atoms with E-state index in [1.807, 2.05) is 0 Å². The summed E-state index contributed by atoms with van der Waals surface area (Å²) in [5.41, 5.74) is 5.00. The maximum atomic E-state index is 2.62. The highest BCUT2D eigenvalue weighted by Crippen LogP contribution is 2.44. The molecule has 1 saturated heterocycles. The maximum absolute atomic E-state index is 2.62. The summed E-state index contributed by atoms with van der Waals surface area (Å²) in [6, 6.07) is 27.3. The van der Waals surface area contributed by atoms with Gasteiger partial charge in [-0.1, -0.05) is 91.1 Å². The summed E-state index contributed by atoms with van der Waals surface area (Å²) in [5.74, 6) is 1.03. The largest absolute Gasteiger partial charge is 0.357 e. The van der Waals surface area contributed by atoms with Gasteiger partial charge in [0, 0.05) is 34.0 Å². The zero-order valence-electron chi connectivity index (χ0n) is 17.8. The van der Waals surface area contributed by atoms with Gasteiger partial charge in [0.2, 0.25) is 0 Å². The molecule has 0 saturated carbocycles. The molecule has 154 valence electrons. The van der Waals surface area contributed by atoms with Gasteiger partial charge >= 0.3 is 0 Å². The van der Waals surface area contributed by atoms with Gasteiger partial charge in [0.25, 0.3) is 0 Å². The molecule has 2 heteroatoms. The lowest BCUT2D eigenvalue weighted by Crippen LogP contribution is -2.36. The summed E-state index contributed by atoms with van der Waals surface area (Å²) in [5, 5.41) is 2.60. The molecule has 32 heavy (non-hydrogen) atoms. The number of nitrogens with zero attached hydrogens (tertiary/aromatic N) is 2. The van der Waals surface area contributed by atoms with E-state index < -0.39 is 0 Å². The van der Waals surface area contributed by atoms with E-state index in [-0.39, 0.29) is 0 Å². The molecule has 4 unspecified atom stereocenters. The van der Waals surface area contributed by atoms with Crippen molar-refractivity contribution in [1.82, 2.24) is 4.57 Å². The summed E-state index contributed by atoms with van der Waals surface area (Å²) in [6.45, 7) is 0. The molecule has 0 spiro atoms. The lowest BCUT2D eigenvalue weighted by atomic mass is 9.83. The monoisotopic (exact) mass is 412 g/mol. The lowest BCUT2D eigenvalue weighted by Gasteiger charge is -2.32. The third-order valence-electron chi connectivity index (χ3n) is 7.35. The van der Waals surface area contributed by atoms with Crippen molar-refractivity contribution in [2.45, 2.75) is 12.1 Å². The predicted molar refractivity (Wildman–Crippen MR) is 134 cm³/mol. The Balaban J connectivity index is 1.41. The second-order valence-corrected chi connectivity index (χ2v) is 8.97. The quantitative estimate of drug-likeness (QED) is 0.350. The first-order valence-electron chi connectivity index (χ1n) is 11.5. The smallest absolute Gasteiger partial charge is 0.0551 e. The van der Waals surface area contributed by atoms with Gasteiger partial charge in [-0.25, -0.2) is 0 Å². The molecule has 4 atom stereocenters. The Bertz CT molecular complexity index is 1380. The lowest BCUT2D eigenvalue weighted by molar-refractivity contribution is 0.527. The molecule has 3 aliphatic rings. The zero-order chi connectivity index (χ0) is 21.1. The Morgan fingerprint density at radius 1 is 0.500 bits per heavy atom. The fourth-order valence-corrected chi connectivity index (χ4v) is 6.03. The van der Waals surface area contributed by atoms with Gasteiger partial charge in [-0.05, 0) is 30.3 Å². The van der Waals surface area contributed by atoms with Crippen molar-refractivity contribution in [2.75, 3.05) is 4.90 Å². The van der Waals surface area contributed by atoms with Gasteiger partial charge in [-0.2, -0.15) is 0 Å².